The van der Waals surface area contributed by atoms with Gasteiger partial charge in [-0.05, 0) is 78.6 Å². The number of amides is 1. The van der Waals surface area contributed by atoms with Crippen LogP contribution in [0.4, 0.5) is 4.79 Å². The summed E-state index contributed by atoms with van der Waals surface area (Å²) in [5.41, 5.74) is 3.91. The van der Waals surface area contributed by atoms with E-state index in [2.05, 4.69) is 9.88 Å². The van der Waals surface area contributed by atoms with Gasteiger partial charge in [-0.3, -0.25) is 9.80 Å². The first kappa shape index (κ1) is 29.2. The molecule has 2 aliphatic rings. The van der Waals surface area contributed by atoms with Gasteiger partial charge in [0.25, 0.3) is 0 Å². The van der Waals surface area contributed by atoms with Crippen LogP contribution in [-0.4, -0.2) is 81.1 Å². The van der Waals surface area contributed by atoms with Crippen LogP contribution in [-0.2, 0) is 11.2 Å². The number of nitrogens with one attached hydrogen (secondary N) is 1. The maximum absolute atomic E-state index is 13.7. The fourth-order valence-electron chi connectivity index (χ4n) is 5.88. The molecule has 0 radical (unpaired) electrons. The van der Waals surface area contributed by atoms with Gasteiger partial charge in [0.05, 0.1) is 34.0 Å². The summed E-state index contributed by atoms with van der Waals surface area (Å²) in [4.78, 5) is 21.4. The van der Waals surface area contributed by atoms with Gasteiger partial charge in [-0.15, -0.1) is 0 Å². The van der Waals surface area contributed by atoms with Gasteiger partial charge in [0.2, 0.25) is 0 Å². The van der Waals surface area contributed by atoms with E-state index < -0.39 is 12.1 Å². The number of morpholine rings is 1. The van der Waals surface area contributed by atoms with Crippen LogP contribution in [0.5, 0.6) is 23.0 Å². The third-order valence-electron chi connectivity index (χ3n) is 8.07. The second-order valence-corrected chi connectivity index (χ2v) is 11.1. The first-order chi connectivity index (χ1) is 21.0. The highest BCUT2D eigenvalue weighted by atomic mass is 35.5. The fraction of sp³-hybridized carbons (Fsp3) is 0.364. The average Bonchev–Trinajstić information content (AvgIpc) is 3.41. The van der Waals surface area contributed by atoms with E-state index in [1.165, 1.54) is 0 Å². The number of fused-ring (bicyclic) bond motifs is 3. The minimum absolute atomic E-state index is 0.440. The summed E-state index contributed by atoms with van der Waals surface area (Å²) in [6.07, 6.45) is 1.12. The molecule has 226 valence electrons. The van der Waals surface area contributed by atoms with Crippen molar-refractivity contribution in [2.75, 3.05) is 60.2 Å². The van der Waals surface area contributed by atoms with E-state index in [-0.39, 0.29) is 0 Å². The van der Waals surface area contributed by atoms with Crippen molar-refractivity contribution >= 4 is 28.6 Å². The number of carbonyl (C=O) groups is 1. The number of benzene rings is 3. The zero-order chi connectivity index (χ0) is 29.8. The number of aromatic nitrogens is 1. The van der Waals surface area contributed by atoms with E-state index in [1.54, 1.807) is 43.4 Å². The van der Waals surface area contributed by atoms with Crippen molar-refractivity contribution in [1.29, 1.82) is 0 Å². The summed E-state index contributed by atoms with van der Waals surface area (Å²) < 4.78 is 28.4. The molecule has 10 heteroatoms. The molecule has 43 heavy (non-hydrogen) atoms. The Kier molecular flexibility index (Phi) is 8.92. The van der Waals surface area contributed by atoms with Gasteiger partial charge in [-0.1, -0.05) is 17.7 Å². The average molecular weight is 606 g/mol. The molecule has 2 aliphatic heterocycles. The normalized spacial score (nSPS) is 17.0. The maximum Gasteiger partial charge on any atom is 0.416 e. The van der Waals surface area contributed by atoms with Crippen LogP contribution < -0.4 is 18.9 Å². The molecule has 1 N–H and O–H groups in total. The molecule has 1 aromatic heterocycles. The van der Waals surface area contributed by atoms with E-state index in [9.17, 15) is 4.79 Å². The predicted molar refractivity (Wildman–Crippen MR) is 165 cm³/mol. The van der Waals surface area contributed by atoms with Gasteiger partial charge in [-0.25, -0.2) is 4.79 Å². The molecule has 3 aromatic carbocycles. The second-order valence-electron chi connectivity index (χ2n) is 10.7. The van der Waals surface area contributed by atoms with Crippen LogP contribution in [0, 0.1) is 0 Å². The van der Waals surface area contributed by atoms with Gasteiger partial charge in [0.15, 0.2) is 11.5 Å². The summed E-state index contributed by atoms with van der Waals surface area (Å²) in [6.45, 7) is 5.49. The number of rotatable bonds is 9. The van der Waals surface area contributed by atoms with Crippen LogP contribution in [0.3, 0.4) is 0 Å². The van der Waals surface area contributed by atoms with Gasteiger partial charge in [0, 0.05) is 47.8 Å². The SMILES string of the molecule is COc1ccc(OC(=O)N2CCc3c([nH]c4ccc(Cl)cc34)C2c2ccc(OCCCN3CCOCC3)c(OC)c2)cc1. The first-order valence-electron chi connectivity index (χ1n) is 14.6. The van der Waals surface area contributed by atoms with Crippen molar-refractivity contribution in [1.82, 2.24) is 14.8 Å². The van der Waals surface area contributed by atoms with Crippen molar-refractivity contribution in [3.8, 4) is 23.0 Å². The van der Waals surface area contributed by atoms with E-state index in [0.717, 1.165) is 67.0 Å². The zero-order valence-electron chi connectivity index (χ0n) is 24.4. The third kappa shape index (κ3) is 6.39. The molecular weight excluding hydrogens is 570 g/mol. The second kappa shape index (κ2) is 13.2. The number of aromatic amines is 1. The Morgan fingerprint density at radius 3 is 2.51 bits per heavy atom. The Balaban J connectivity index is 1.27. The highest BCUT2D eigenvalue weighted by molar-refractivity contribution is 6.31. The van der Waals surface area contributed by atoms with Gasteiger partial charge in [0.1, 0.15) is 17.5 Å². The summed E-state index contributed by atoms with van der Waals surface area (Å²) in [5, 5.41) is 1.73. The summed E-state index contributed by atoms with van der Waals surface area (Å²) in [6, 6.07) is 18.2. The number of halogens is 1. The largest absolute Gasteiger partial charge is 0.497 e. The predicted octanol–water partition coefficient (Wildman–Crippen LogP) is 6.09. The monoisotopic (exact) mass is 605 g/mol. The van der Waals surface area contributed by atoms with Crippen LogP contribution in [0.2, 0.25) is 5.02 Å². The van der Waals surface area contributed by atoms with Gasteiger partial charge < -0.3 is 28.7 Å². The lowest BCUT2D eigenvalue weighted by atomic mass is 9.92. The molecule has 1 unspecified atom stereocenters. The Morgan fingerprint density at radius 2 is 1.74 bits per heavy atom. The van der Waals surface area contributed by atoms with Crippen LogP contribution in [0.15, 0.2) is 60.7 Å². The topological polar surface area (TPSA) is 85.5 Å². The Morgan fingerprint density at radius 1 is 0.953 bits per heavy atom. The zero-order valence-corrected chi connectivity index (χ0v) is 25.2. The molecule has 0 bridgehead atoms. The van der Waals surface area contributed by atoms with Crippen LogP contribution in [0.1, 0.15) is 29.3 Å². The van der Waals surface area contributed by atoms with Crippen molar-refractivity contribution in [3.63, 3.8) is 0 Å². The molecule has 6 rings (SSSR count). The summed E-state index contributed by atoms with van der Waals surface area (Å²) >= 11 is 6.37. The quantitative estimate of drug-likeness (QED) is 0.231. The number of hydrogen-bond donors (Lipinski definition) is 1. The fourth-order valence-corrected chi connectivity index (χ4v) is 6.05. The molecule has 0 aliphatic carbocycles. The summed E-state index contributed by atoms with van der Waals surface area (Å²) in [5.74, 6) is 2.41. The van der Waals surface area contributed by atoms with E-state index >= 15 is 0 Å². The molecule has 0 spiro atoms. The molecule has 1 saturated heterocycles. The van der Waals surface area contributed by atoms with Crippen LogP contribution >= 0.6 is 11.6 Å². The van der Waals surface area contributed by atoms with E-state index in [0.29, 0.717) is 47.6 Å². The maximum atomic E-state index is 13.7. The van der Waals surface area contributed by atoms with Crippen LogP contribution in [0.25, 0.3) is 10.9 Å². The van der Waals surface area contributed by atoms with Crippen molar-refractivity contribution < 1.29 is 28.5 Å². The molecule has 4 aromatic rings. The Labute approximate surface area is 256 Å². The number of ether oxygens (including phenoxy) is 5. The smallest absolute Gasteiger partial charge is 0.416 e. The highest BCUT2D eigenvalue weighted by Gasteiger charge is 2.36. The minimum atomic E-state index is -0.445. The Hall–Kier alpha value is -3.92. The summed E-state index contributed by atoms with van der Waals surface area (Å²) in [7, 11) is 3.23. The van der Waals surface area contributed by atoms with Crippen molar-refractivity contribution in [2.45, 2.75) is 18.9 Å². The molecule has 3 heterocycles. The number of nitrogens with zero attached hydrogens (tertiary/aromatic N) is 2. The number of hydrogen-bond acceptors (Lipinski definition) is 7. The lowest BCUT2D eigenvalue weighted by molar-refractivity contribution is 0.0357. The van der Waals surface area contributed by atoms with Gasteiger partial charge in [-0.2, -0.15) is 0 Å². The standard InChI is InChI=1S/C33H36ClN3O6/c1-39-24-6-8-25(9-7-24)43-33(38)37-14-12-26-27-21-23(34)5-10-28(27)35-31(26)32(37)22-4-11-29(30(20-22)40-2)42-17-3-13-36-15-18-41-19-16-36/h4-11,20-21,32,35H,3,12-19H2,1-2H3. The number of H-pyrrole nitrogens is 1. The molecule has 9 nitrogen and oxygen atoms in total. The van der Waals surface area contributed by atoms with Crippen molar-refractivity contribution in [2.24, 2.45) is 0 Å². The van der Waals surface area contributed by atoms with Crippen molar-refractivity contribution in [3.05, 3.63) is 82.5 Å². The lowest BCUT2D eigenvalue weighted by Gasteiger charge is -2.35. The molecular formula is C33H36ClN3O6. The molecule has 0 saturated carbocycles. The third-order valence-corrected chi connectivity index (χ3v) is 8.31. The molecule has 1 amide bonds. The molecule has 1 fully saturated rings. The first-order valence-corrected chi connectivity index (χ1v) is 14.9. The highest BCUT2D eigenvalue weighted by Crippen LogP contribution is 2.42. The van der Waals surface area contributed by atoms with E-state index in [4.69, 9.17) is 35.3 Å². The van der Waals surface area contributed by atoms with E-state index in [1.807, 2.05) is 36.4 Å². The van der Waals surface area contributed by atoms with Gasteiger partial charge >= 0.3 is 6.09 Å². The number of methoxy groups -OCH3 is 2. The lowest BCUT2D eigenvalue weighted by Crippen LogP contribution is -2.42. The Bertz CT molecular complexity index is 1570. The molecule has 1 atom stereocenters. The minimum Gasteiger partial charge on any atom is -0.497 e. The number of carbonyl (C=O) groups excluding carboxylic acids is 1.